The first-order valence-electron chi connectivity index (χ1n) is 9.94. The Balaban J connectivity index is 1.52. The number of nitrogens with zero attached hydrogens (tertiary/aromatic N) is 3. The number of thioether (sulfide) groups is 1. The first-order valence-corrected chi connectivity index (χ1v) is 12.2. The zero-order chi connectivity index (χ0) is 23.2. The summed E-state index contributed by atoms with van der Waals surface area (Å²) in [6, 6.07) is 16.8. The summed E-state index contributed by atoms with van der Waals surface area (Å²) in [7, 11) is 3.12. The van der Waals surface area contributed by atoms with Crippen LogP contribution in [0.2, 0.25) is 5.02 Å². The predicted octanol–water partition coefficient (Wildman–Crippen LogP) is 5.32. The molecular formula is C23H21ClN4O3S2. The molecule has 1 amide bonds. The lowest BCUT2D eigenvalue weighted by atomic mass is 10.2. The van der Waals surface area contributed by atoms with Crippen molar-refractivity contribution >= 4 is 46.3 Å². The largest absolute Gasteiger partial charge is 0.497 e. The number of hydrogen-bond acceptors (Lipinski definition) is 7. The molecule has 0 aliphatic heterocycles. The van der Waals surface area contributed by atoms with Crippen molar-refractivity contribution in [2.24, 2.45) is 0 Å². The Bertz CT molecular complexity index is 1230. The third kappa shape index (κ3) is 5.68. The molecule has 1 N–H and O–H groups in total. The molecule has 2 aromatic carbocycles. The topological polar surface area (TPSA) is 78.3 Å². The van der Waals surface area contributed by atoms with E-state index in [9.17, 15) is 4.79 Å². The molecule has 33 heavy (non-hydrogen) atoms. The van der Waals surface area contributed by atoms with Gasteiger partial charge in [0, 0.05) is 28.1 Å². The molecule has 4 aromatic rings. The van der Waals surface area contributed by atoms with Crippen LogP contribution >= 0.6 is 34.7 Å². The second-order valence-corrected chi connectivity index (χ2v) is 9.28. The first kappa shape index (κ1) is 23.2. The van der Waals surface area contributed by atoms with E-state index < -0.39 is 0 Å². The minimum Gasteiger partial charge on any atom is -0.497 e. The third-order valence-electron chi connectivity index (χ3n) is 4.71. The highest BCUT2D eigenvalue weighted by atomic mass is 35.5. The lowest BCUT2D eigenvalue weighted by Crippen LogP contribution is -2.15. The molecule has 7 nitrogen and oxygen atoms in total. The molecular weight excluding hydrogens is 480 g/mol. The van der Waals surface area contributed by atoms with Gasteiger partial charge in [0.15, 0.2) is 5.16 Å². The molecule has 10 heteroatoms. The van der Waals surface area contributed by atoms with Gasteiger partial charge in [-0.1, -0.05) is 29.4 Å². The molecule has 0 fully saturated rings. The molecule has 2 heterocycles. The van der Waals surface area contributed by atoms with Gasteiger partial charge in [-0.15, -0.1) is 21.5 Å². The van der Waals surface area contributed by atoms with E-state index in [1.54, 1.807) is 43.8 Å². The number of nitrogens with one attached hydrogen (secondary N) is 1. The summed E-state index contributed by atoms with van der Waals surface area (Å²) in [6.45, 7) is 0. The highest BCUT2D eigenvalue weighted by Gasteiger charge is 2.17. The Morgan fingerprint density at radius 2 is 1.94 bits per heavy atom. The molecule has 0 spiro atoms. The number of carbonyl (C=O) groups is 1. The summed E-state index contributed by atoms with van der Waals surface area (Å²) >= 11 is 9.05. The average Bonchev–Trinajstić information content (AvgIpc) is 3.49. The zero-order valence-electron chi connectivity index (χ0n) is 17.9. The second-order valence-electron chi connectivity index (χ2n) is 6.87. The van der Waals surface area contributed by atoms with Crippen molar-refractivity contribution in [2.45, 2.75) is 11.6 Å². The van der Waals surface area contributed by atoms with Gasteiger partial charge in [0.1, 0.15) is 17.3 Å². The minimum absolute atomic E-state index is 0.153. The Hall–Kier alpha value is -3.01. The number of ether oxygens (including phenoxy) is 2. The van der Waals surface area contributed by atoms with Gasteiger partial charge in [0.25, 0.3) is 0 Å². The number of benzene rings is 2. The third-order valence-corrected chi connectivity index (χ3v) is 6.77. The number of anilines is 1. The van der Waals surface area contributed by atoms with Gasteiger partial charge in [0.2, 0.25) is 5.91 Å². The molecule has 0 saturated carbocycles. The van der Waals surface area contributed by atoms with E-state index >= 15 is 0 Å². The van der Waals surface area contributed by atoms with Gasteiger partial charge in [-0.25, -0.2) is 0 Å². The monoisotopic (exact) mass is 500 g/mol. The quantitative estimate of drug-likeness (QED) is 0.313. The molecule has 0 unspecified atom stereocenters. The van der Waals surface area contributed by atoms with Crippen LogP contribution in [0.4, 0.5) is 5.69 Å². The molecule has 4 rings (SSSR count). The normalized spacial score (nSPS) is 10.8. The molecule has 0 radical (unpaired) electrons. The van der Waals surface area contributed by atoms with Crippen LogP contribution in [-0.2, 0) is 11.2 Å². The summed E-state index contributed by atoms with van der Waals surface area (Å²) in [4.78, 5) is 13.9. The predicted molar refractivity (Wildman–Crippen MR) is 132 cm³/mol. The van der Waals surface area contributed by atoms with Crippen molar-refractivity contribution in [3.8, 4) is 17.2 Å². The van der Waals surface area contributed by atoms with Crippen molar-refractivity contribution in [1.29, 1.82) is 0 Å². The summed E-state index contributed by atoms with van der Waals surface area (Å²) < 4.78 is 12.5. The maximum absolute atomic E-state index is 12.7. The first-order chi connectivity index (χ1) is 16.1. The fourth-order valence-electron chi connectivity index (χ4n) is 3.14. The number of rotatable bonds is 9. The van der Waals surface area contributed by atoms with Crippen LogP contribution in [0, 0.1) is 0 Å². The van der Waals surface area contributed by atoms with Crippen molar-refractivity contribution in [3.63, 3.8) is 0 Å². The van der Waals surface area contributed by atoms with Crippen molar-refractivity contribution < 1.29 is 14.3 Å². The van der Waals surface area contributed by atoms with Gasteiger partial charge in [-0.3, -0.25) is 9.36 Å². The average molecular weight is 501 g/mol. The molecule has 2 aromatic heterocycles. The Morgan fingerprint density at radius 1 is 1.12 bits per heavy atom. The summed E-state index contributed by atoms with van der Waals surface area (Å²) in [6.07, 6.45) is 0.642. The van der Waals surface area contributed by atoms with Crippen LogP contribution in [0.5, 0.6) is 11.5 Å². The zero-order valence-corrected chi connectivity index (χ0v) is 20.3. The van der Waals surface area contributed by atoms with Crippen LogP contribution in [-0.4, -0.2) is 40.6 Å². The lowest BCUT2D eigenvalue weighted by molar-refractivity contribution is -0.113. The van der Waals surface area contributed by atoms with Gasteiger partial charge >= 0.3 is 0 Å². The highest BCUT2D eigenvalue weighted by molar-refractivity contribution is 7.99. The van der Waals surface area contributed by atoms with Crippen molar-refractivity contribution in [3.05, 3.63) is 75.7 Å². The molecule has 0 aliphatic carbocycles. The number of thiophene rings is 1. The lowest BCUT2D eigenvalue weighted by Gasteiger charge is -2.12. The number of amides is 1. The van der Waals surface area contributed by atoms with Crippen LogP contribution < -0.4 is 14.8 Å². The number of aromatic nitrogens is 3. The van der Waals surface area contributed by atoms with E-state index in [0.29, 0.717) is 33.8 Å². The summed E-state index contributed by atoms with van der Waals surface area (Å²) in [5.74, 6) is 1.93. The molecule has 0 aliphatic rings. The van der Waals surface area contributed by atoms with Gasteiger partial charge < -0.3 is 14.8 Å². The fourth-order valence-corrected chi connectivity index (χ4v) is 4.74. The van der Waals surface area contributed by atoms with Gasteiger partial charge in [0.05, 0.1) is 25.7 Å². The summed E-state index contributed by atoms with van der Waals surface area (Å²) in [5.41, 5.74) is 1.46. The van der Waals surface area contributed by atoms with E-state index in [-0.39, 0.29) is 11.7 Å². The standard InChI is InChI=1S/C23H21ClN4O3S2/c1-30-17-9-10-19(20(12-17)31-2)25-22(29)14-33-23-27-26-21(13-18-4-3-11-32-18)28(23)16-7-5-15(24)6-8-16/h3-12H,13-14H2,1-2H3,(H,25,29). The smallest absolute Gasteiger partial charge is 0.234 e. The van der Waals surface area contributed by atoms with Crippen molar-refractivity contribution in [2.75, 3.05) is 25.3 Å². The SMILES string of the molecule is COc1ccc(NC(=O)CSc2nnc(Cc3cccs3)n2-c2ccc(Cl)cc2)c(OC)c1. The molecule has 0 saturated heterocycles. The number of methoxy groups -OCH3 is 2. The van der Waals surface area contributed by atoms with Crippen LogP contribution in [0.3, 0.4) is 0 Å². The Labute approximate surface area is 204 Å². The van der Waals surface area contributed by atoms with Crippen LogP contribution in [0.1, 0.15) is 10.7 Å². The van der Waals surface area contributed by atoms with Crippen LogP contribution in [0.15, 0.2) is 65.1 Å². The Morgan fingerprint density at radius 3 is 2.64 bits per heavy atom. The molecule has 0 atom stereocenters. The minimum atomic E-state index is -0.186. The van der Waals surface area contributed by atoms with E-state index in [0.717, 1.165) is 11.5 Å². The van der Waals surface area contributed by atoms with E-state index in [1.165, 1.54) is 16.6 Å². The van der Waals surface area contributed by atoms with Crippen LogP contribution in [0.25, 0.3) is 5.69 Å². The van der Waals surface area contributed by atoms with E-state index in [4.69, 9.17) is 21.1 Å². The number of halogens is 1. The number of hydrogen-bond donors (Lipinski definition) is 1. The maximum Gasteiger partial charge on any atom is 0.234 e. The second kappa shape index (κ2) is 10.7. The Kier molecular flexibility index (Phi) is 7.54. The van der Waals surface area contributed by atoms with Crippen molar-refractivity contribution in [1.82, 2.24) is 14.8 Å². The highest BCUT2D eigenvalue weighted by Crippen LogP contribution is 2.30. The summed E-state index contributed by atoms with van der Waals surface area (Å²) in [5, 5.41) is 14.9. The molecule has 0 bridgehead atoms. The van der Waals surface area contributed by atoms with E-state index in [2.05, 4.69) is 21.6 Å². The van der Waals surface area contributed by atoms with E-state index in [1.807, 2.05) is 40.3 Å². The van der Waals surface area contributed by atoms with Gasteiger partial charge in [-0.2, -0.15) is 0 Å². The van der Waals surface area contributed by atoms with Gasteiger partial charge in [-0.05, 0) is 47.8 Å². The fraction of sp³-hybridized carbons (Fsp3) is 0.174. The molecule has 170 valence electrons. The number of carbonyl (C=O) groups excluding carboxylic acids is 1. The maximum atomic E-state index is 12.7.